The van der Waals surface area contributed by atoms with Crippen molar-refractivity contribution < 1.29 is 9.90 Å². The normalized spacial score (nSPS) is 12.2. The summed E-state index contributed by atoms with van der Waals surface area (Å²) in [6, 6.07) is 3.38. The summed E-state index contributed by atoms with van der Waals surface area (Å²) in [5, 5.41) is 14.4. The van der Waals surface area contributed by atoms with E-state index in [4.69, 9.17) is 16.7 Å². The number of halogens is 1. The highest BCUT2D eigenvalue weighted by molar-refractivity contribution is 7.16. The van der Waals surface area contributed by atoms with Crippen molar-refractivity contribution in [3.63, 3.8) is 0 Å². The van der Waals surface area contributed by atoms with Crippen molar-refractivity contribution in [1.82, 2.24) is 10.6 Å². The van der Waals surface area contributed by atoms with Crippen LogP contribution in [0.3, 0.4) is 0 Å². The summed E-state index contributed by atoms with van der Waals surface area (Å²) in [5.74, 6) is 0. The average Bonchev–Trinajstić information content (AvgIpc) is 2.72. The molecule has 1 heterocycles. The summed E-state index contributed by atoms with van der Waals surface area (Å²) in [4.78, 5) is 12.6. The standard InChI is InChI=1S/C11H17ClN2O2S/c1-2-8(7-15)14-11(16)13-6-5-9-3-4-10(12)17-9/h3-4,8,15H,2,5-7H2,1H3,(H2,13,14,16). The molecule has 0 radical (unpaired) electrons. The van der Waals surface area contributed by atoms with Crippen LogP contribution in [0.5, 0.6) is 0 Å². The van der Waals surface area contributed by atoms with Crippen molar-refractivity contribution in [2.45, 2.75) is 25.8 Å². The van der Waals surface area contributed by atoms with Gasteiger partial charge < -0.3 is 15.7 Å². The van der Waals surface area contributed by atoms with Crippen LogP contribution >= 0.6 is 22.9 Å². The molecule has 0 bridgehead atoms. The highest BCUT2D eigenvalue weighted by Gasteiger charge is 2.08. The first kappa shape index (κ1) is 14.3. The maximum Gasteiger partial charge on any atom is 0.315 e. The molecule has 2 amide bonds. The van der Waals surface area contributed by atoms with E-state index in [1.807, 2.05) is 19.1 Å². The quantitative estimate of drug-likeness (QED) is 0.744. The summed E-state index contributed by atoms with van der Waals surface area (Å²) in [6.45, 7) is 2.43. The number of thiophene rings is 1. The SMILES string of the molecule is CCC(CO)NC(=O)NCCc1ccc(Cl)s1. The fourth-order valence-corrected chi connectivity index (χ4v) is 2.39. The van der Waals surface area contributed by atoms with Gasteiger partial charge in [0, 0.05) is 11.4 Å². The molecule has 0 saturated heterocycles. The van der Waals surface area contributed by atoms with Crippen LogP contribution in [-0.2, 0) is 6.42 Å². The van der Waals surface area contributed by atoms with Gasteiger partial charge >= 0.3 is 6.03 Å². The number of urea groups is 1. The van der Waals surface area contributed by atoms with E-state index in [1.54, 1.807) is 0 Å². The third-order valence-electron chi connectivity index (χ3n) is 2.33. The van der Waals surface area contributed by atoms with Crippen LogP contribution in [0.2, 0.25) is 4.34 Å². The third-order valence-corrected chi connectivity index (χ3v) is 3.63. The zero-order valence-electron chi connectivity index (χ0n) is 9.70. The number of aliphatic hydroxyl groups excluding tert-OH is 1. The molecule has 1 atom stereocenters. The molecule has 0 spiro atoms. The first-order valence-corrected chi connectivity index (χ1v) is 6.74. The van der Waals surface area contributed by atoms with E-state index >= 15 is 0 Å². The van der Waals surface area contributed by atoms with Crippen LogP contribution in [0.25, 0.3) is 0 Å². The van der Waals surface area contributed by atoms with Gasteiger partial charge in [-0.25, -0.2) is 4.79 Å². The van der Waals surface area contributed by atoms with Gasteiger partial charge in [-0.1, -0.05) is 18.5 Å². The van der Waals surface area contributed by atoms with Gasteiger partial charge in [-0.3, -0.25) is 0 Å². The number of carbonyl (C=O) groups is 1. The van der Waals surface area contributed by atoms with Crippen molar-refractivity contribution >= 4 is 29.0 Å². The lowest BCUT2D eigenvalue weighted by Crippen LogP contribution is -2.44. The van der Waals surface area contributed by atoms with Crippen LogP contribution in [0.15, 0.2) is 12.1 Å². The fraction of sp³-hybridized carbons (Fsp3) is 0.545. The van der Waals surface area contributed by atoms with Crippen LogP contribution in [0.1, 0.15) is 18.2 Å². The van der Waals surface area contributed by atoms with Gasteiger partial charge in [-0.2, -0.15) is 0 Å². The van der Waals surface area contributed by atoms with E-state index in [9.17, 15) is 4.79 Å². The molecular weight excluding hydrogens is 260 g/mol. The number of nitrogens with one attached hydrogen (secondary N) is 2. The third kappa shape index (κ3) is 5.39. The predicted octanol–water partition coefficient (Wildman–Crippen LogP) is 2.01. The van der Waals surface area contributed by atoms with E-state index in [0.29, 0.717) is 13.0 Å². The highest BCUT2D eigenvalue weighted by Crippen LogP contribution is 2.21. The maximum absolute atomic E-state index is 11.4. The Hall–Kier alpha value is -0.780. The van der Waals surface area contributed by atoms with Gasteiger partial charge in [-0.05, 0) is 25.0 Å². The van der Waals surface area contributed by atoms with Gasteiger partial charge in [0.15, 0.2) is 0 Å². The molecular formula is C11H17ClN2O2S. The molecule has 96 valence electrons. The Morgan fingerprint density at radius 3 is 2.88 bits per heavy atom. The minimum Gasteiger partial charge on any atom is -0.394 e. The van der Waals surface area contributed by atoms with Crippen LogP contribution < -0.4 is 10.6 Å². The number of rotatable bonds is 6. The van der Waals surface area contributed by atoms with Crippen molar-refractivity contribution in [2.75, 3.05) is 13.2 Å². The van der Waals surface area contributed by atoms with E-state index in [1.165, 1.54) is 11.3 Å². The molecule has 0 fully saturated rings. The molecule has 4 nitrogen and oxygen atoms in total. The lowest BCUT2D eigenvalue weighted by molar-refractivity contribution is 0.214. The predicted molar refractivity (Wildman–Crippen MR) is 70.7 cm³/mol. The zero-order valence-corrected chi connectivity index (χ0v) is 11.3. The molecule has 0 saturated carbocycles. The summed E-state index contributed by atoms with van der Waals surface area (Å²) in [6.07, 6.45) is 1.48. The molecule has 1 unspecified atom stereocenters. The Morgan fingerprint density at radius 2 is 2.35 bits per heavy atom. The number of hydrogen-bond donors (Lipinski definition) is 3. The van der Waals surface area contributed by atoms with Crippen molar-refractivity contribution in [1.29, 1.82) is 0 Å². The Morgan fingerprint density at radius 1 is 1.59 bits per heavy atom. The van der Waals surface area contributed by atoms with Crippen molar-refractivity contribution in [3.05, 3.63) is 21.3 Å². The Kier molecular flexibility index (Phi) is 6.32. The van der Waals surface area contributed by atoms with Gasteiger partial charge in [0.1, 0.15) is 0 Å². The second-order valence-electron chi connectivity index (χ2n) is 3.64. The maximum atomic E-state index is 11.4. The molecule has 0 aliphatic heterocycles. The van der Waals surface area contributed by atoms with E-state index in [0.717, 1.165) is 15.6 Å². The largest absolute Gasteiger partial charge is 0.394 e. The lowest BCUT2D eigenvalue weighted by atomic mass is 10.2. The molecule has 0 aliphatic carbocycles. The molecule has 0 aromatic carbocycles. The van der Waals surface area contributed by atoms with Gasteiger partial charge in [0.25, 0.3) is 0 Å². The molecule has 3 N–H and O–H groups in total. The van der Waals surface area contributed by atoms with Crippen molar-refractivity contribution in [3.8, 4) is 0 Å². The molecule has 1 aromatic heterocycles. The second-order valence-corrected chi connectivity index (χ2v) is 5.44. The van der Waals surface area contributed by atoms with Gasteiger partial charge in [0.2, 0.25) is 0 Å². The second kappa shape index (κ2) is 7.53. The Bertz CT molecular complexity index is 353. The first-order valence-electron chi connectivity index (χ1n) is 5.55. The van der Waals surface area contributed by atoms with Crippen LogP contribution in [0, 0.1) is 0 Å². The number of hydrogen-bond acceptors (Lipinski definition) is 3. The summed E-state index contributed by atoms with van der Waals surface area (Å²) in [5.41, 5.74) is 0. The van der Waals surface area contributed by atoms with E-state index in [-0.39, 0.29) is 18.7 Å². The molecule has 0 aliphatic rings. The zero-order chi connectivity index (χ0) is 12.7. The number of carbonyl (C=O) groups excluding carboxylic acids is 1. The summed E-state index contributed by atoms with van der Waals surface area (Å²) in [7, 11) is 0. The van der Waals surface area contributed by atoms with Crippen LogP contribution in [-0.4, -0.2) is 30.3 Å². The molecule has 1 aromatic rings. The minimum absolute atomic E-state index is 0.0372. The summed E-state index contributed by atoms with van der Waals surface area (Å²) < 4.78 is 0.760. The fourth-order valence-electron chi connectivity index (χ4n) is 1.30. The Labute approximate surface area is 110 Å². The number of amides is 2. The minimum atomic E-state index is -0.242. The molecule has 6 heteroatoms. The Balaban J connectivity index is 2.20. The molecule has 17 heavy (non-hydrogen) atoms. The smallest absolute Gasteiger partial charge is 0.315 e. The first-order chi connectivity index (χ1) is 8.15. The lowest BCUT2D eigenvalue weighted by Gasteiger charge is -2.14. The van der Waals surface area contributed by atoms with Crippen LogP contribution in [0.4, 0.5) is 4.79 Å². The van der Waals surface area contributed by atoms with E-state index < -0.39 is 0 Å². The molecule has 1 rings (SSSR count). The summed E-state index contributed by atoms with van der Waals surface area (Å²) >= 11 is 7.32. The average molecular weight is 277 g/mol. The van der Waals surface area contributed by atoms with E-state index in [2.05, 4.69) is 10.6 Å². The monoisotopic (exact) mass is 276 g/mol. The number of aliphatic hydroxyl groups is 1. The van der Waals surface area contributed by atoms with Gasteiger partial charge in [-0.15, -0.1) is 11.3 Å². The highest BCUT2D eigenvalue weighted by atomic mass is 35.5. The van der Waals surface area contributed by atoms with Crippen molar-refractivity contribution in [2.24, 2.45) is 0 Å². The van der Waals surface area contributed by atoms with Gasteiger partial charge in [0.05, 0.1) is 17.0 Å². The topological polar surface area (TPSA) is 61.4 Å².